The van der Waals surface area contributed by atoms with Crippen molar-refractivity contribution in [2.45, 2.75) is 41.5 Å². The predicted octanol–water partition coefficient (Wildman–Crippen LogP) is 4.59. The fraction of sp³-hybridized carbons (Fsp3) is 0.500. The van der Waals surface area contributed by atoms with Crippen molar-refractivity contribution in [3.63, 3.8) is 0 Å². The van der Waals surface area contributed by atoms with Gasteiger partial charge in [-0.25, -0.2) is 0 Å². The molecule has 1 nitrogen and oxygen atoms in total. The van der Waals surface area contributed by atoms with E-state index in [1.54, 1.807) is 0 Å². The lowest BCUT2D eigenvalue weighted by atomic mass is 10.1. The van der Waals surface area contributed by atoms with Crippen molar-refractivity contribution in [2.75, 3.05) is 5.73 Å². The predicted molar refractivity (Wildman–Crippen MR) is 68.0 cm³/mol. The Labute approximate surface area is 93.3 Å². The summed E-state index contributed by atoms with van der Waals surface area (Å²) < 4.78 is 0. The number of benzene rings is 1. The zero-order valence-corrected chi connectivity index (χ0v) is 10.9. The van der Waals surface area contributed by atoms with E-state index in [-0.39, 0.29) is 0 Å². The summed E-state index contributed by atoms with van der Waals surface area (Å²) in [7, 11) is 0. The molecule has 0 saturated carbocycles. The minimum Gasteiger partial charge on any atom is -0.397 e. The molecule has 0 atom stereocenters. The van der Waals surface area contributed by atoms with Gasteiger partial charge in [-0.3, -0.25) is 0 Å². The maximum absolute atomic E-state index is 5.79. The Balaban J connectivity index is 0. The van der Waals surface area contributed by atoms with Gasteiger partial charge < -0.3 is 5.73 Å². The molecule has 0 aliphatic rings. The quantitative estimate of drug-likeness (QED) is 0.630. The highest BCUT2D eigenvalue weighted by molar-refractivity contribution is 6.33. The summed E-state index contributed by atoms with van der Waals surface area (Å²) in [6.07, 6.45) is 0. The minimum atomic E-state index is 0.650. The zero-order valence-electron chi connectivity index (χ0n) is 10.1. The Morgan fingerprint density at radius 3 is 1.79 bits per heavy atom. The molecule has 0 saturated heterocycles. The topological polar surface area (TPSA) is 26.0 Å². The SMILES string of the molecule is CC.CC.Cc1cc(C)c(N)c(Cl)c1. The molecule has 2 heteroatoms. The van der Waals surface area contributed by atoms with E-state index < -0.39 is 0 Å². The first-order valence-corrected chi connectivity index (χ1v) is 5.51. The standard InChI is InChI=1S/C8H10ClN.2C2H6/c1-5-3-6(2)8(10)7(9)4-5;2*1-2/h3-4H,10H2,1-2H3;2*1-2H3. The Bertz CT molecular complexity index is 233. The van der Waals surface area contributed by atoms with E-state index >= 15 is 0 Å². The van der Waals surface area contributed by atoms with E-state index in [1.807, 2.05) is 53.7 Å². The van der Waals surface area contributed by atoms with Gasteiger partial charge in [-0.05, 0) is 31.0 Å². The van der Waals surface area contributed by atoms with Gasteiger partial charge in [0, 0.05) is 0 Å². The van der Waals surface area contributed by atoms with Crippen LogP contribution in [0.15, 0.2) is 12.1 Å². The summed E-state index contributed by atoms with van der Waals surface area (Å²) in [5.74, 6) is 0. The van der Waals surface area contributed by atoms with Crippen LogP contribution in [0.4, 0.5) is 5.69 Å². The third kappa shape index (κ3) is 5.13. The number of nitrogens with two attached hydrogens (primary N) is 1. The molecule has 0 bridgehead atoms. The van der Waals surface area contributed by atoms with Crippen molar-refractivity contribution < 1.29 is 0 Å². The highest BCUT2D eigenvalue weighted by Crippen LogP contribution is 2.23. The lowest BCUT2D eigenvalue weighted by Gasteiger charge is -2.02. The summed E-state index contributed by atoms with van der Waals surface area (Å²) >= 11 is 5.79. The van der Waals surface area contributed by atoms with Crippen LogP contribution in [-0.2, 0) is 0 Å². The van der Waals surface area contributed by atoms with Crippen molar-refractivity contribution in [3.05, 3.63) is 28.3 Å². The van der Waals surface area contributed by atoms with Crippen molar-refractivity contribution in [1.29, 1.82) is 0 Å². The number of anilines is 1. The number of hydrogen-bond donors (Lipinski definition) is 1. The summed E-state index contributed by atoms with van der Waals surface area (Å²) in [6, 6.07) is 3.88. The molecule has 0 spiro atoms. The van der Waals surface area contributed by atoms with Crippen molar-refractivity contribution in [1.82, 2.24) is 0 Å². The molecular formula is C12H22ClN. The highest BCUT2D eigenvalue weighted by atomic mass is 35.5. The van der Waals surface area contributed by atoms with Crippen LogP contribution in [0.5, 0.6) is 0 Å². The van der Waals surface area contributed by atoms with Gasteiger partial charge in [0.05, 0.1) is 10.7 Å². The van der Waals surface area contributed by atoms with Crippen LogP contribution in [0.25, 0.3) is 0 Å². The molecule has 1 aromatic carbocycles. The molecule has 82 valence electrons. The van der Waals surface area contributed by atoms with Gasteiger partial charge in [-0.15, -0.1) is 0 Å². The van der Waals surface area contributed by atoms with Crippen LogP contribution in [0.2, 0.25) is 5.02 Å². The molecule has 0 unspecified atom stereocenters. The lowest BCUT2D eigenvalue weighted by Crippen LogP contribution is -1.90. The minimum absolute atomic E-state index is 0.650. The molecule has 1 aromatic rings. The number of rotatable bonds is 0. The number of aryl methyl sites for hydroxylation is 2. The molecule has 2 N–H and O–H groups in total. The number of nitrogen functional groups attached to an aromatic ring is 1. The van der Waals surface area contributed by atoms with Crippen LogP contribution < -0.4 is 5.73 Å². The Hall–Kier alpha value is -0.690. The second-order valence-corrected chi connectivity index (χ2v) is 2.88. The van der Waals surface area contributed by atoms with Crippen LogP contribution in [-0.4, -0.2) is 0 Å². The number of halogens is 1. The molecule has 14 heavy (non-hydrogen) atoms. The van der Waals surface area contributed by atoms with Gasteiger partial charge in [0.2, 0.25) is 0 Å². The summed E-state index contributed by atoms with van der Waals surface area (Å²) in [5, 5.41) is 0.650. The Morgan fingerprint density at radius 2 is 1.43 bits per heavy atom. The molecule has 0 radical (unpaired) electrons. The average molecular weight is 216 g/mol. The fourth-order valence-corrected chi connectivity index (χ4v) is 1.25. The Kier molecular flexibility index (Phi) is 10.0. The highest BCUT2D eigenvalue weighted by Gasteiger charge is 1.98. The maximum Gasteiger partial charge on any atom is 0.0640 e. The first kappa shape index (κ1) is 15.8. The molecule has 1 rings (SSSR count). The molecule has 0 aromatic heterocycles. The molecular weight excluding hydrogens is 194 g/mol. The Morgan fingerprint density at radius 1 is 1.00 bits per heavy atom. The van der Waals surface area contributed by atoms with Crippen LogP contribution in [0.1, 0.15) is 38.8 Å². The van der Waals surface area contributed by atoms with E-state index in [0.717, 1.165) is 11.1 Å². The van der Waals surface area contributed by atoms with Crippen molar-refractivity contribution >= 4 is 17.3 Å². The zero-order chi connectivity index (χ0) is 11.7. The van der Waals surface area contributed by atoms with Gasteiger partial charge in [-0.1, -0.05) is 45.4 Å². The largest absolute Gasteiger partial charge is 0.397 e. The molecule has 0 heterocycles. The third-order valence-electron chi connectivity index (χ3n) is 1.48. The third-order valence-corrected chi connectivity index (χ3v) is 1.79. The molecule has 0 fully saturated rings. The summed E-state index contributed by atoms with van der Waals surface area (Å²) in [6.45, 7) is 12.0. The summed E-state index contributed by atoms with van der Waals surface area (Å²) in [4.78, 5) is 0. The second kappa shape index (κ2) is 8.89. The summed E-state index contributed by atoms with van der Waals surface area (Å²) in [5.41, 5.74) is 8.50. The smallest absolute Gasteiger partial charge is 0.0640 e. The van der Waals surface area contributed by atoms with E-state index in [0.29, 0.717) is 10.7 Å². The van der Waals surface area contributed by atoms with Gasteiger partial charge in [0.25, 0.3) is 0 Å². The van der Waals surface area contributed by atoms with Crippen LogP contribution in [0.3, 0.4) is 0 Å². The first-order chi connectivity index (χ1) is 6.61. The van der Waals surface area contributed by atoms with Gasteiger partial charge in [0.15, 0.2) is 0 Å². The van der Waals surface area contributed by atoms with E-state index in [4.69, 9.17) is 17.3 Å². The molecule has 0 aliphatic carbocycles. The number of hydrogen-bond acceptors (Lipinski definition) is 1. The fourth-order valence-electron chi connectivity index (χ4n) is 0.927. The lowest BCUT2D eigenvalue weighted by molar-refractivity contribution is 1.39. The van der Waals surface area contributed by atoms with Crippen LogP contribution >= 0.6 is 11.6 Å². The van der Waals surface area contributed by atoms with E-state index in [1.165, 1.54) is 0 Å². The first-order valence-electron chi connectivity index (χ1n) is 5.13. The van der Waals surface area contributed by atoms with Gasteiger partial charge in [-0.2, -0.15) is 0 Å². The van der Waals surface area contributed by atoms with Crippen molar-refractivity contribution in [3.8, 4) is 0 Å². The van der Waals surface area contributed by atoms with Gasteiger partial charge in [0.1, 0.15) is 0 Å². The second-order valence-electron chi connectivity index (χ2n) is 2.48. The normalized spacial score (nSPS) is 7.93. The van der Waals surface area contributed by atoms with Crippen LogP contribution in [0, 0.1) is 13.8 Å². The molecule has 0 amide bonds. The van der Waals surface area contributed by atoms with Crippen molar-refractivity contribution in [2.24, 2.45) is 0 Å². The van der Waals surface area contributed by atoms with E-state index in [2.05, 4.69) is 0 Å². The van der Waals surface area contributed by atoms with Gasteiger partial charge >= 0.3 is 0 Å². The molecule has 0 aliphatic heterocycles. The van der Waals surface area contributed by atoms with E-state index in [9.17, 15) is 0 Å². The monoisotopic (exact) mass is 215 g/mol. The maximum atomic E-state index is 5.79. The average Bonchev–Trinajstić information content (AvgIpc) is 2.20.